The van der Waals surface area contributed by atoms with Gasteiger partial charge in [0.25, 0.3) is 0 Å². The Balaban J connectivity index is 1.79. The van der Waals surface area contributed by atoms with Crippen molar-refractivity contribution in [2.75, 3.05) is 23.0 Å². The molecule has 2 atom stereocenters. The molecule has 0 saturated carbocycles. The lowest BCUT2D eigenvalue weighted by molar-refractivity contribution is 0.417. The second kappa shape index (κ2) is 8.45. The van der Waals surface area contributed by atoms with E-state index in [0.717, 1.165) is 22.5 Å². The van der Waals surface area contributed by atoms with E-state index in [1.165, 1.54) is 12.0 Å². The number of sulfonamides is 1. The SMILES string of the molecule is COc1cc(N2C(=S)N[C@H](c3ccccn3)[C@H]2c2ccc(C)s2)ccc1NS(C)(=O)=O. The van der Waals surface area contributed by atoms with Crippen molar-refractivity contribution in [2.45, 2.75) is 19.0 Å². The number of aromatic nitrogens is 1. The topological polar surface area (TPSA) is 83.6 Å². The maximum atomic E-state index is 11.7. The van der Waals surface area contributed by atoms with Gasteiger partial charge < -0.3 is 15.0 Å². The Morgan fingerprint density at radius 1 is 1.23 bits per heavy atom. The Morgan fingerprint density at radius 2 is 2.03 bits per heavy atom. The van der Waals surface area contributed by atoms with Gasteiger partial charge in [0, 0.05) is 27.7 Å². The van der Waals surface area contributed by atoms with Gasteiger partial charge in [-0.3, -0.25) is 9.71 Å². The van der Waals surface area contributed by atoms with E-state index in [1.54, 1.807) is 29.7 Å². The summed E-state index contributed by atoms with van der Waals surface area (Å²) >= 11 is 7.44. The first-order valence-electron chi connectivity index (χ1n) is 9.49. The van der Waals surface area contributed by atoms with Crippen LogP contribution in [0.15, 0.2) is 54.7 Å². The minimum atomic E-state index is -3.44. The van der Waals surface area contributed by atoms with E-state index in [1.807, 2.05) is 29.2 Å². The van der Waals surface area contributed by atoms with Gasteiger partial charge in [0.15, 0.2) is 5.11 Å². The van der Waals surface area contributed by atoms with Crippen LogP contribution in [0.4, 0.5) is 11.4 Å². The fourth-order valence-corrected chi connectivity index (χ4v) is 5.57. The molecule has 10 heteroatoms. The molecule has 2 aromatic heterocycles. The van der Waals surface area contributed by atoms with Crippen molar-refractivity contribution in [1.82, 2.24) is 10.3 Å². The number of hydrogen-bond donors (Lipinski definition) is 2. The van der Waals surface area contributed by atoms with Crippen LogP contribution in [0.5, 0.6) is 5.75 Å². The van der Waals surface area contributed by atoms with E-state index in [9.17, 15) is 8.42 Å². The number of nitrogens with zero attached hydrogens (tertiary/aromatic N) is 2. The van der Waals surface area contributed by atoms with Crippen LogP contribution in [-0.2, 0) is 10.0 Å². The predicted molar refractivity (Wildman–Crippen MR) is 128 cm³/mol. The molecule has 1 fully saturated rings. The molecule has 4 rings (SSSR count). The molecular weight excluding hydrogens is 452 g/mol. The number of pyridine rings is 1. The third-order valence-corrected chi connectivity index (χ3v) is 6.89. The number of hydrogen-bond acceptors (Lipinski definition) is 6. The standard InChI is InChI=1S/C21H22N4O3S3/c1-13-7-10-18(30-13)20-19(16-6-4-5-11-22-16)23-21(29)25(20)14-8-9-15(17(12-14)28-2)24-31(3,26)27/h4-12,19-20,24H,1-3H3,(H,23,29)/t19-,20-/m1/s1. The fourth-order valence-electron chi connectivity index (χ4n) is 3.65. The molecule has 162 valence electrons. The molecule has 3 heterocycles. The molecule has 0 radical (unpaired) electrons. The zero-order valence-electron chi connectivity index (χ0n) is 17.2. The number of rotatable bonds is 6. The van der Waals surface area contributed by atoms with Crippen molar-refractivity contribution in [1.29, 1.82) is 0 Å². The highest BCUT2D eigenvalue weighted by Crippen LogP contribution is 2.45. The molecule has 1 aliphatic rings. The summed E-state index contributed by atoms with van der Waals surface area (Å²) in [6, 6.07) is 15.1. The summed E-state index contributed by atoms with van der Waals surface area (Å²) in [7, 11) is -1.93. The molecule has 2 N–H and O–H groups in total. The molecule has 0 bridgehead atoms. The minimum absolute atomic E-state index is 0.112. The third kappa shape index (κ3) is 4.51. The van der Waals surface area contributed by atoms with Crippen LogP contribution in [0.2, 0.25) is 0 Å². The molecular formula is C21H22N4O3S3. The summed E-state index contributed by atoms with van der Waals surface area (Å²) in [5, 5.41) is 3.98. The molecule has 1 saturated heterocycles. The summed E-state index contributed by atoms with van der Waals surface area (Å²) in [5.74, 6) is 0.410. The number of aryl methyl sites for hydroxylation is 1. The number of thiophene rings is 1. The van der Waals surface area contributed by atoms with Gasteiger partial charge in [0.05, 0.1) is 36.8 Å². The first-order chi connectivity index (χ1) is 14.8. The second-order valence-electron chi connectivity index (χ2n) is 7.20. The highest BCUT2D eigenvalue weighted by atomic mass is 32.2. The Hall–Kier alpha value is -2.69. The van der Waals surface area contributed by atoms with Gasteiger partial charge in [-0.05, 0) is 55.5 Å². The van der Waals surface area contributed by atoms with Crippen LogP contribution in [0.3, 0.4) is 0 Å². The quantitative estimate of drug-likeness (QED) is 0.522. The van der Waals surface area contributed by atoms with Crippen molar-refractivity contribution in [3.05, 3.63) is 70.2 Å². The smallest absolute Gasteiger partial charge is 0.229 e. The molecule has 3 aromatic rings. The fraction of sp³-hybridized carbons (Fsp3) is 0.238. The zero-order chi connectivity index (χ0) is 22.2. The van der Waals surface area contributed by atoms with Gasteiger partial charge in [-0.25, -0.2) is 8.42 Å². The lowest BCUT2D eigenvalue weighted by Crippen LogP contribution is -2.29. The van der Waals surface area contributed by atoms with E-state index in [-0.39, 0.29) is 12.1 Å². The second-order valence-corrected chi connectivity index (χ2v) is 10.7. The Morgan fingerprint density at radius 3 is 2.65 bits per heavy atom. The van der Waals surface area contributed by atoms with Crippen LogP contribution in [0, 0.1) is 6.92 Å². The summed E-state index contributed by atoms with van der Waals surface area (Å²) in [6.45, 7) is 2.07. The summed E-state index contributed by atoms with van der Waals surface area (Å²) in [4.78, 5) is 8.94. The van der Waals surface area contributed by atoms with Crippen LogP contribution in [0.25, 0.3) is 0 Å². The van der Waals surface area contributed by atoms with E-state index in [4.69, 9.17) is 17.0 Å². The highest BCUT2D eigenvalue weighted by molar-refractivity contribution is 7.92. The van der Waals surface area contributed by atoms with Crippen molar-refractivity contribution >= 4 is 50.1 Å². The van der Waals surface area contributed by atoms with Crippen LogP contribution in [0.1, 0.15) is 27.5 Å². The van der Waals surface area contributed by atoms with Gasteiger partial charge in [-0.15, -0.1) is 11.3 Å². The van der Waals surface area contributed by atoms with Gasteiger partial charge in [-0.2, -0.15) is 0 Å². The molecule has 0 unspecified atom stereocenters. The van der Waals surface area contributed by atoms with Gasteiger partial charge in [-0.1, -0.05) is 6.07 Å². The number of nitrogens with one attached hydrogen (secondary N) is 2. The van der Waals surface area contributed by atoms with Gasteiger partial charge in [0.1, 0.15) is 5.75 Å². The van der Waals surface area contributed by atoms with Crippen molar-refractivity contribution in [3.8, 4) is 5.75 Å². The van der Waals surface area contributed by atoms with Crippen molar-refractivity contribution in [2.24, 2.45) is 0 Å². The van der Waals surface area contributed by atoms with Crippen LogP contribution >= 0.6 is 23.6 Å². The third-order valence-electron chi connectivity index (χ3n) is 4.91. The summed E-state index contributed by atoms with van der Waals surface area (Å²) in [6.07, 6.45) is 2.88. The average molecular weight is 475 g/mol. The summed E-state index contributed by atoms with van der Waals surface area (Å²) in [5.41, 5.74) is 2.06. The predicted octanol–water partition coefficient (Wildman–Crippen LogP) is 4.01. The lowest BCUT2D eigenvalue weighted by Gasteiger charge is -2.27. The molecule has 0 amide bonds. The highest BCUT2D eigenvalue weighted by Gasteiger charge is 2.41. The Bertz CT molecular complexity index is 1210. The van der Waals surface area contributed by atoms with E-state index in [2.05, 4.69) is 34.1 Å². The van der Waals surface area contributed by atoms with Crippen molar-refractivity contribution in [3.63, 3.8) is 0 Å². The maximum Gasteiger partial charge on any atom is 0.229 e. The van der Waals surface area contributed by atoms with E-state index < -0.39 is 10.0 Å². The van der Waals surface area contributed by atoms with Crippen molar-refractivity contribution < 1.29 is 13.2 Å². The maximum absolute atomic E-state index is 11.7. The number of anilines is 2. The monoisotopic (exact) mass is 474 g/mol. The molecule has 0 aliphatic carbocycles. The van der Waals surface area contributed by atoms with Crippen LogP contribution in [-0.4, -0.2) is 31.9 Å². The Kier molecular flexibility index (Phi) is 5.87. The normalized spacial score (nSPS) is 18.7. The largest absolute Gasteiger partial charge is 0.494 e. The molecule has 31 heavy (non-hydrogen) atoms. The lowest BCUT2D eigenvalue weighted by atomic mass is 10.0. The van der Waals surface area contributed by atoms with Crippen LogP contribution < -0.4 is 19.7 Å². The van der Waals surface area contributed by atoms with Gasteiger partial charge in [0.2, 0.25) is 10.0 Å². The molecule has 1 aromatic carbocycles. The number of benzene rings is 1. The zero-order valence-corrected chi connectivity index (χ0v) is 19.6. The minimum Gasteiger partial charge on any atom is -0.494 e. The number of ether oxygens (including phenoxy) is 1. The number of thiocarbonyl (C=S) groups is 1. The molecule has 7 nitrogen and oxygen atoms in total. The molecule has 0 spiro atoms. The van der Waals surface area contributed by atoms with E-state index >= 15 is 0 Å². The number of methoxy groups -OCH3 is 1. The van der Waals surface area contributed by atoms with Gasteiger partial charge >= 0.3 is 0 Å². The average Bonchev–Trinajstić information content (AvgIpc) is 3.30. The first-order valence-corrected chi connectivity index (χ1v) is 12.6. The first kappa shape index (κ1) is 21.5. The Labute approximate surface area is 191 Å². The summed E-state index contributed by atoms with van der Waals surface area (Å²) < 4.78 is 31.3. The van der Waals surface area contributed by atoms with E-state index in [0.29, 0.717) is 16.5 Å². The molecule has 1 aliphatic heterocycles.